The van der Waals surface area contributed by atoms with Gasteiger partial charge >= 0.3 is 6.18 Å². The molecule has 42 heavy (non-hydrogen) atoms. The second-order valence-electron chi connectivity index (χ2n) is 11.0. The molecule has 2 aromatic heterocycles. The smallest absolute Gasteiger partial charge is 0.349 e. The molecule has 2 aliphatic heterocycles. The molecule has 14 heteroatoms. The van der Waals surface area contributed by atoms with Crippen LogP contribution in [0.2, 0.25) is 5.02 Å². The van der Waals surface area contributed by atoms with Crippen LogP contribution in [0, 0.1) is 5.92 Å². The van der Waals surface area contributed by atoms with E-state index in [2.05, 4.69) is 15.3 Å². The van der Waals surface area contributed by atoms with Crippen molar-refractivity contribution in [1.82, 2.24) is 15.3 Å². The number of para-hydroxylation sites is 1. The summed E-state index contributed by atoms with van der Waals surface area (Å²) in [6.07, 6.45) is -3.70. The Kier molecular flexibility index (Phi) is 7.37. The first-order valence-corrected chi connectivity index (χ1v) is 14.7. The maximum absolute atomic E-state index is 13.8. The Labute approximate surface area is 246 Å². The van der Waals surface area contributed by atoms with Gasteiger partial charge in [-0.3, -0.25) is 14.6 Å². The Hall–Kier alpha value is -3.32. The van der Waals surface area contributed by atoms with Gasteiger partial charge in [0.25, 0.3) is 12.3 Å². The summed E-state index contributed by atoms with van der Waals surface area (Å²) in [6, 6.07) is 8.48. The van der Waals surface area contributed by atoms with E-state index in [0.717, 1.165) is 34.2 Å². The van der Waals surface area contributed by atoms with Gasteiger partial charge < -0.3 is 15.1 Å². The van der Waals surface area contributed by atoms with Crippen molar-refractivity contribution in [3.05, 3.63) is 69.4 Å². The molecule has 1 N–H and O–H groups in total. The fourth-order valence-corrected chi connectivity index (χ4v) is 7.17. The number of rotatable bonds is 6. The third-order valence-electron chi connectivity index (χ3n) is 8.30. The molecule has 6 rings (SSSR count). The quantitative estimate of drug-likeness (QED) is 0.328. The minimum atomic E-state index is -4.52. The van der Waals surface area contributed by atoms with Crippen LogP contribution < -0.4 is 15.1 Å². The number of anilines is 2. The Morgan fingerprint density at radius 1 is 1.17 bits per heavy atom. The van der Waals surface area contributed by atoms with Crippen LogP contribution in [-0.4, -0.2) is 47.5 Å². The lowest BCUT2D eigenvalue weighted by Crippen LogP contribution is -2.64. The molecule has 2 amide bonds. The van der Waals surface area contributed by atoms with Crippen LogP contribution in [-0.2, 0) is 16.4 Å². The zero-order chi connectivity index (χ0) is 29.8. The van der Waals surface area contributed by atoms with Crippen LogP contribution in [0.3, 0.4) is 0 Å². The number of nitrogens with one attached hydrogen (secondary N) is 1. The highest BCUT2D eigenvalue weighted by molar-refractivity contribution is 7.13. The number of carbonyl (C=O) groups excluding carboxylic acids is 2. The summed E-state index contributed by atoms with van der Waals surface area (Å²) in [5, 5.41) is 4.15. The van der Waals surface area contributed by atoms with Crippen molar-refractivity contribution in [3.63, 3.8) is 0 Å². The number of aromatic nitrogens is 2. The number of benzene rings is 1. The fraction of sp³-hybridized carbons (Fsp3) is 0.429. The van der Waals surface area contributed by atoms with Crippen molar-refractivity contribution < 1.29 is 31.5 Å². The average molecular weight is 626 g/mol. The van der Waals surface area contributed by atoms with Gasteiger partial charge in [0.05, 0.1) is 10.6 Å². The second kappa shape index (κ2) is 10.7. The van der Waals surface area contributed by atoms with Gasteiger partial charge in [0.1, 0.15) is 11.1 Å². The lowest BCUT2D eigenvalue weighted by atomic mass is 9.75. The molecule has 1 saturated heterocycles. The molecule has 0 unspecified atom stereocenters. The van der Waals surface area contributed by atoms with Crippen molar-refractivity contribution in [1.29, 1.82) is 0 Å². The van der Waals surface area contributed by atoms with Crippen LogP contribution in [0.15, 0.2) is 41.9 Å². The number of fused-ring (bicyclic) bond motifs is 2. The van der Waals surface area contributed by atoms with Crippen molar-refractivity contribution in [2.45, 2.75) is 49.7 Å². The van der Waals surface area contributed by atoms with E-state index in [1.165, 1.54) is 6.07 Å². The number of hydrogen-bond donors (Lipinski definition) is 1. The van der Waals surface area contributed by atoms with E-state index in [1.54, 1.807) is 9.80 Å². The monoisotopic (exact) mass is 625 g/mol. The summed E-state index contributed by atoms with van der Waals surface area (Å²) in [6.45, 7) is 0.977. The number of nitrogens with zero attached hydrogens (tertiary/aromatic N) is 4. The molecule has 0 radical (unpaired) electrons. The number of hydrogen-bond acceptors (Lipinski definition) is 6. The van der Waals surface area contributed by atoms with E-state index in [0.29, 0.717) is 32.2 Å². The molecule has 1 saturated carbocycles. The molecule has 7 nitrogen and oxygen atoms in total. The van der Waals surface area contributed by atoms with E-state index in [-0.39, 0.29) is 46.7 Å². The zero-order valence-corrected chi connectivity index (χ0v) is 23.6. The van der Waals surface area contributed by atoms with E-state index in [4.69, 9.17) is 11.6 Å². The highest BCUT2D eigenvalue weighted by Gasteiger charge is 2.58. The number of carbonyl (C=O) groups is 2. The van der Waals surface area contributed by atoms with Crippen LogP contribution in [0.1, 0.15) is 59.4 Å². The first-order chi connectivity index (χ1) is 20.0. The zero-order valence-electron chi connectivity index (χ0n) is 22.0. The molecule has 1 aliphatic carbocycles. The van der Waals surface area contributed by atoms with Crippen LogP contribution in [0.4, 0.5) is 32.8 Å². The maximum atomic E-state index is 13.8. The largest absolute Gasteiger partial charge is 0.434 e. The van der Waals surface area contributed by atoms with Crippen molar-refractivity contribution in [2.75, 3.05) is 29.4 Å². The SMILES string of the molecule is O=C(NC1CCC(CN2C(=O)C3(CN(c4nc(C(F)(F)F)cs4)C3)c3ccccc32)CC1)c1cc(Cl)cnc1C(F)F. The normalized spacial score (nSPS) is 21.5. The molecular formula is C28H25ClF5N5O2S. The lowest BCUT2D eigenvalue weighted by molar-refractivity contribution is -0.140. The third-order valence-corrected chi connectivity index (χ3v) is 9.41. The van der Waals surface area contributed by atoms with Crippen LogP contribution in [0.25, 0.3) is 0 Å². The number of pyridine rings is 1. The lowest BCUT2D eigenvalue weighted by Gasteiger charge is -2.47. The molecule has 222 valence electrons. The molecule has 3 aromatic rings. The first kappa shape index (κ1) is 28.8. The van der Waals surface area contributed by atoms with Crippen LogP contribution in [0.5, 0.6) is 0 Å². The molecule has 0 bridgehead atoms. The van der Waals surface area contributed by atoms with Crippen LogP contribution >= 0.6 is 22.9 Å². The molecular weight excluding hydrogens is 601 g/mol. The van der Waals surface area contributed by atoms with Gasteiger partial charge in [-0.15, -0.1) is 11.3 Å². The van der Waals surface area contributed by atoms with Gasteiger partial charge in [0.15, 0.2) is 10.8 Å². The van der Waals surface area contributed by atoms with Crippen molar-refractivity contribution in [3.8, 4) is 0 Å². The topological polar surface area (TPSA) is 78.4 Å². The van der Waals surface area contributed by atoms with Gasteiger partial charge in [-0.25, -0.2) is 13.8 Å². The van der Waals surface area contributed by atoms with E-state index in [9.17, 15) is 31.5 Å². The Morgan fingerprint density at radius 2 is 1.88 bits per heavy atom. The number of amides is 2. The standard InChI is InChI=1S/C28H25ClF5N5O2S/c29-16-9-18(22(23(30)31)35-10-16)24(40)36-17-7-5-15(6-8-17)11-39-20-4-2-1-3-19(20)27(25(39)41)13-38(14-27)26-37-21(12-42-26)28(32,33)34/h1-4,9-10,12,15,17,23H,5-8,11,13-14H2,(H,36,40). The minimum Gasteiger partial charge on any atom is -0.349 e. The number of thiazole rings is 1. The highest BCUT2D eigenvalue weighted by Crippen LogP contribution is 2.50. The average Bonchev–Trinajstić information content (AvgIpc) is 3.51. The Morgan fingerprint density at radius 3 is 2.55 bits per heavy atom. The minimum absolute atomic E-state index is 0.0732. The van der Waals surface area contributed by atoms with Gasteiger partial charge in [-0.05, 0) is 49.3 Å². The molecule has 3 aliphatic rings. The summed E-state index contributed by atoms with van der Waals surface area (Å²) in [5.41, 5.74) is -0.958. The van der Waals surface area contributed by atoms with Crippen molar-refractivity contribution >= 4 is 45.6 Å². The van der Waals surface area contributed by atoms with Gasteiger partial charge in [0, 0.05) is 42.9 Å². The predicted molar refractivity (Wildman–Crippen MR) is 147 cm³/mol. The molecule has 1 spiro atoms. The van der Waals surface area contributed by atoms with Crippen molar-refractivity contribution in [2.24, 2.45) is 5.92 Å². The predicted octanol–water partition coefficient (Wildman–Crippen LogP) is 6.24. The third kappa shape index (κ3) is 5.10. The van der Waals surface area contributed by atoms with E-state index in [1.807, 2.05) is 24.3 Å². The Balaban J connectivity index is 1.09. The van der Waals surface area contributed by atoms with Gasteiger partial charge in [0.2, 0.25) is 5.91 Å². The summed E-state index contributed by atoms with van der Waals surface area (Å²) in [5.74, 6) is -0.568. The fourth-order valence-electron chi connectivity index (χ4n) is 6.18. The van der Waals surface area contributed by atoms with E-state index >= 15 is 0 Å². The molecule has 0 atom stereocenters. The highest BCUT2D eigenvalue weighted by atomic mass is 35.5. The Bertz CT molecular complexity index is 1520. The van der Waals surface area contributed by atoms with E-state index < -0.39 is 35.3 Å². The summed E-state index contributed by atoms with van der Waals surface area (Å²) < 4.78 is 65.8. The summed E-state index contributed by atoms with van der Waals surface area (Å²) >= 11 is 6.79. The summed E-state index contributed by atoms with van der Waals surface area (Å²) in [4.78, 5) is 37.4. The first-order valence-electron chi connectivity index (χ1n) is 13.4. The van der Waals surface area contributed by atoms with Gasteiger partial charge in [-0.2, -0.15) is 13.2 Å². The molecule has 4 heterocycles. The second-order valence-corrected chi connectivity index (χ2v) is 12.2. The number of halogens is 6. The van der Waals surface area contributed by atoms with Gasteiger partial charge in [-0.1, -0.05) is 29.8 Å². The summed E-state index contributed by atoms with van der Waals surface area (Å²) in [7, 11) is 0. The maximum Gasteiger partial charge on any atom is 0.434 e. The molecule has 2 fully saturated rings. The number of alkyl halides is 5. The molecule has 1 aromatic carbocycles.